The third-order valence-corrected chi connectivity index (χ3v) is 3.46. The standard InChI is InChI=1S/C13H19BrN4O/c1-3-15-13-16-9(2)11-7-10(14)8-18(5-4-6-19)12(11)17-13/h7,19H,3-6,8H2,1-2H3,(H,15,16,17). The summed E-state index contributed by atoms with van der Waals surface area (Å²) in [6, 6.07) is 0. The molecule has 1 aromatic heterocycles. The van der Waals surface area contributed by atoms with Crippen LogP contribution in [0.25, 0.3) is 6.08 Å². The Morgan fingerprint density at radius 3 is 2.95 bits per heavy atom. The summed E-state index contributed by atoms with van der Waals surface area (Å²) in [5.74, 6) is 1.61. The molecule has 0 bridgehead atoms. The van der Waals surface area contributed by atoms with E-state index in [2.05, 4.69) is 42.2 Å². The van der Waals surface area contributed by atoms with Crippen LogP contribution in [0.1, 0.15) is 24.6 Å². The largest absolute Gasteiger partial charge is 0.396 e. The van der Waals surface area contributed by atoms with E-state index in [0.29, 0.717) is 5.95 Å². The predicted molar refractivity (Wildman–Crippen MR) is 81.8 cm³/mol. The van der Waals surface area contributed by atoms with Crippen LogP contribution in [0.3, 0.4) is 0 Å². The summed E-state index contributed by atoms with van der Waals surface area (Å²) < 4.78 is 1.11. The summed E-state index contributed by atoms with van der Waals surface area (Å²) >= 11 is 3.56. The molecule has 0 unspecified atom stereocenters. The van der Waals surface area contributed by atoms with Gasteiger partial charge in [-0.3, -0.25) is 0 Å². The quantitative estimate of drug-likeness (QED) is 0.868. The second kappa shape index (κ2) is 6.34. The van der Waals surface area contributed by atoms with Gasteiger partial charge in [-0.2, -0.15) is 4.98 Å². The lowest BCUT2D eigenvalue weighted by Gasteiger charge is -2.29. The molecule has 1 aliphatic rings. The molecule has 2 rings (SSSR count). The normalized spacial score (nSPS) is 14.1. The second-order valence-corrected chi connectivity index (χ2v) is 5.51. The topological polar surface area (TPSA) is 61.3 Å². The van der Waals surface area contributed by atoms with Gasteiger partial charge in [-0.15, -0.1) is 0 Å². The first-order chi connectivity index (χ1) is 9.15. The number of anilines is 2. The van der Waals surface area contributed by atoms with Crippen molar-refractivity contribution in [3.63, 3.8) is 0 Å². The van der Waals surface area contributed by atoms with Crippen molar-refractivity contribution >= 4 is 33.8 Å². The van der Waals surface area contributed by atoms with Crippen molar-refractivity contribution in [3.05, 3.63) is 15.7 Å². The summed E-state index contributed by atoms with van der Waals surface area (Å²) in [6.45, 7) is 6.58. The van der Waals surface area contributed by atoms with E-state index in [1.807, 2.05) is 13.8 Å². The Hall–Kier alpha value is -1.14. The number of nitrogens with one attached hydrogen (secondary N) is 1. The van der Waals surface area contributed by atoms with Crippen LogP contribution < -0.4 is 10.2 Å². The minimum Gasteiger partial charge on any atom is -0.396 e. The van der Waals surface area contributed by atoms with Crippen molar-refractivity contribution in [2.24, 2.45) is 0 Å². The van der Waals surface area contributed by atoms with E-state index in [9.17, 15) is 0 Å². The third kappa shape index (κ3) is 3.25. The Bertz CT molecular complexity index is 490. The third-order valence-electron chi connectivity index (χ3n) is 2.98. The van der Waals surface area contributed by atoms with Gasteiger partial charge in [0.1, 0.15) is 5.82 Å². The summed E-state index contributed by atoms with van der Waals surface area (Å²) in [4.78, 5) is 11.2. The molecule has 0 aliphatic carbocycles. The van der Waals surface area contributed by atoms with Gasteiger partial charge in [-0.25, -0.2) is 4.98 Å². The molecule has 0 atom stereocenters. The van der Waals surface area contributed by atoms with Gasteiger partial charge in [0, 0.05) is 29.7 Å². The van der Waals surface area contributed by atoms with Crippen LogP contribution in [0.4, 0.5) is 11.8 Å². The minimum absolute atomic E-state index is 0.192. The minimum atomic E-state index is 0.192. The lowest BCUT2D eigenvalue weighted by molar-refractivity contribution is 0.289. The van der Waals surface area contributed by atoms with Crippen molar-refractivity contribution in [1.82, 2.24) is 9.97 Å². The first-order valence-electron chi connectivity index (χ1n) is 6.50. The van der Waals surface area contributed by atoms with E-state index in [1.165, 1.54) is 0 Å². The van der Waals surface area contributed by atoms with Gasteiger partial charge in [-0.1, -0.05) is 15.9 Å². The maximum atomic E-state index is 9.01. The van der Waals surface area contributed by atoms with E-state index < -0.39 is 0 Å². The fourth-order valence-electron chi connectivity index (χ4n) is 2.12. The predicted octanol–water partition coefficient (Wildman–Crippen LogP) is 2.16. The number of nitrogens with zero attached hydrogens (tertiary/aromatic N) is 3. The SMILES string of the molecule is CCNc1nc(C)c2c(n1)N(CCCO)CC(Br)=C2. The number of hydrogen-bond acceptors (Lipinski definition) is 5. The van der Waals surface area contributed by atoms with E-state index in [-0.39, 0.29) is 6.61 Å². The molecule has 0 aromatic carbocycles. The van der Waals surface area contributed by atoms with Crippen LogP contribution in [0.5, 0.6) is 0 Å². The van der Waals surface area contributed by atoms with Gasteiger partial charge in [0.15, 0.2) is 0 Å². The van der Waals surface area contributed by atoms with Crippen molar-refractivity contribution in [2.75, 3.05) is 36.5 Å². The molecule has 0 fully saturated rings. The smallest absolute Gasteiger partial charge is 0.224 e. The molecule has 0 amide bonds. The molecule has 0 saturated heterocycles. The number of hydrogen-bond donors (Lipinski definition) is 2. The fraction of sp³-hybridized carbons (Fsp3) is 0.538. The van der Waals surface area contributed by atoms with Gasteiger partial charge in [-0.05, 0) is 26.3 Å². The highest BCUT2D eigenvalue weighted by atomic mass is 79.9. The van der Waals surface area contributed by atoms with Crippen molar-refractivity contribution in [2.45, 2.75) is 20.3 Å². The molecule has 104 valence electrons. The summed E-state index contributed by atoms with van der Waals surface area (Å²) in [5.41, 5.74) is 2.02. The summed E-state index contributed by atoms with van der Waals surface area (Å²) in [5, 5.41) is 12.2. The number of aromatic nitrogens is 2. The molecule has 0 spiro atoms. The Balaban J connectivity index is 2.38. The molecule has 1 aliphatic heterocycles. The lowest BCUT2D eigenvalue weighted by atomic mass is 10.1. The number of halogens is 1. The molecule has 2 N–H and O–H groups in total. The van der Waals surface area contributed by atoms with Gasteiger partial charge in [0.2, 0.25) is 5.95 Å². The van der Waals surface area contributed by atoms with E-state index in [4.69, 9.17) is 5.11 Å². The number of aliphatic hydroxyl groups is 1. The number of aliphatic hydroxyl groups excluding tert-OH is 1. The first kappa shape index (κ1) is 14.3. The van der Waals surface area contributed by atoms with Crippen LogP contribution in [0.2, 0.25) is 0 Å². The zero-order valence-corrected chi connectivity index (χ0v) is 12.9. The molecule has 6 heteroatoms. The maximum Gasteiger partial charge on any atom is 0.224 e. The zero-order chi connectivity index (χ0) is 13.8. The molecule has 19 heavy (non-hydrogen) atoms. The van der Waals surface area contributed by atoms with Crippen LogP contribution in [-0.4, -0.2) is 41.3 Å². The number of aryl methyl sites for hydroxylation is 1. The van der Waals surface area contributed by atoms with Gasteiger partial charge < -0.3 is 15.3 Å². The highest BCUT2D eigenvalue weighted by Gasteiger charge is 2.21. The molecular formula is C13H19BrN4O. The van der Waals surface area contributed by atoms with Crippen molar-refractivity contribution < 1.29 is 5.11 Å². The summed E-state index contributed by atoms with van der Waals surface area (Å²) in [7, 11) is 0. The molecular weight excluding hydrogens is 308 g/mol. The fourth-order valence-corrected chi connectivity index (χ4v) is 2.65. The highest BCUT2D eigenvalue weighted by Crippen LogP contribution is 2.31. The Morgan fingerprint density at radius 1 is 1.47 bits per heavy atom. The van der Waals surface area contributed by atoms with Gasteiger partial charge >= 0.3 is 0 Å². The van der Waals surface area contributed by atoms with Crippen LogP contribution in [0.15, 0.2) is 4.48 Å². The average molecular weight is 327 g/mol. The molecule has 1 aromatic rings. The Labute approximate surface area is 121 Å². The van der Waals surface area contributed by atoms with Crippen LogP contribution in [-0.2, 0) is 0 Å². The monoisotopic (exact) mass is 326 g/mol. The Morgan fingerprint density at radius 2 is 2.26 bits per heavy atom. The van der Waals surface area contributed by atoms with E-state index in [0.717, 1.165) is 47.6 Å². The van der Waals surface area contributed by atoms with Crippen LogP contribution >= 0.6 is 15.9 Å². The average Bonchev–Trinajstić information content (AvgIpc) is 2.37. The molecule has 2 heterocycles. The van der Waals surface area contributed by atoms with Crippen LogP contribution in [0, 0.1) is 6.92 Å². The second-order valence-electron chi connectivity index (χ2n) is 4.49. The number of fused-ring (bicyclic) bond motifs is 1. The number of rotatable bonds is 5. The molecule has 5 nitrogen and oxygen atoms in total. The summed E-state index contributed by atoms with van der Waals surface area (Å²) in [6.07, 6.45) is 2.81. The van der Waals surface area contributed by atoms with E-state index >= 15 is 0 Å². The maximum absolute atomic E-state index is 9.01. The van der Waals surface area contributed by atoms with Crippen molar-refractivity contribution in [1.29, 1.82) is 0 Å². The van der Waals surface area contributed by atoms with Gasteiger partial charge in [0.25, 0.3) is 0 Å². The first-order valence-corrected chi connectivity index (χ1v) is 7.29. The lowest BCUT2D eigenvalue weighted by Crippen LogP contribution is -2.31. The highest BCUT2D eigenvalue weighted by molar-refractivity contribution is 9.11. The van der Waals surface area contributed by atoms with Gasteiger partial charge in [0.05, 0.1) is 12.2 Å². The van der Waals surface area contributed by atoms with E-state index in [1.54, 1.807) is 0 Å². The Kier molecular flexibility index (Phi) is 4.76. The zero-order valence-electron chi connectivity index (χ0n) is 11.3. The molecule has 0 radical (unpaired) electrons. The molecule has 0 saturated carbocycles. The van der Waals surface area contributed by atoms with Crippen molar-refractivity contribution in [3.8, 4) is 0 Å².